The highest BCUT2D eigenvalue weighted by atomic mass is 16.1. The van der Waals surface area contributed by atoms with Crippen LogP contribution in [0.25, 0.3) is 11.4 Å². The molecule has 1 saturated carbocycles. The average Bonchev–Trinajstić information content (AvgIpc) is 3.21. The van der Waals surface area contributed by atoms with Gasteiger partial charge in [0.05, 0.1) is 23.6 Å². The largest absolute Gasteiger partial charge is 0.350 e. The molecule has 0 bridgehead atoms. The Morgan fingerprint density at radius 2 is 2.17 bits per heavy atom. The van der Waals surface area contributed by atoms with E-state index in [0.29, 0.717) is 13.0 Å². The molecular formula is C18H24N4O. The normalized spacial score (nSPS) is 15.0. The summed E-state index contributed by atoms with van der Waals surface area (Å²) >= 11 is 0. The zero-order chi connectivity index (χ0) is 16.1. The molecule has 1 N–H and O–H groups in total. The van der Waals surface area contributed by atoms with Crippen LogP contribution < -0.4 is 5.32 Å². The molecule has 0 aliphatic heterocycles. The number of nitrogens with one attached hydrogen (secondary N) is 1. The Morgan fingerprint density at radius 1 is 1.35 bits per heavy atom. The van der Waals surface area contributed by atoms with Crippen molar-refractivity contribution in [1.29, 1.82) is 0 Å². The van der Waals surface area contributed by atoms with Crippen molar-refractivity contribution in [2.45, 2.75) is 45.1 Å². The zero-order valence-corrected chi connectivity index (χ0v) is 13.7. The van der Waals surface area contributed by atoms with Gasteiger partial charge in [0.2, 0.25) is 5.91 Å². The summed E-state index contributed by atoms with van der Waals surface area (Å²) in [5.41, 5.74) is 2.71. The van der Waals surface area contributed by atoms with Crippen LogP contribution in [0, 0.1) is 5.92 Å². The van der Waals surface area contributed by atoms with Crippen LogP contribution in [0.4, 0.5) is 0 Å². The highest BCUT2D eigenvalue weighted by Crippen LogP contribution is 2.28. The SMILES string of the molecule is Cn1nc(CNC(=O)CCC2CCCC2)cc1-c1ccccn1. The molecule has 0 aromatic carbocycles. The van der Waals surface area contributed by atoms with E-state index in [2.05, 4.69) is 15.4 Å². The molecule has 2 heterocycles. The Balaban J connectivity index is 1.51. The highest BCUT2D eigenvalue weighted by Gasteiger charge is 2.16. The van der Waals surface area contributed by atoms with Gasteiger partial charge in [0.25, 0.3) is 0 Å². The Bertz CT molecular complexity index is 644. The van der Waals surface area contributed by atoms with Gasteiger partial charge < -0.3 is 5.32 Å². The first-order valence-corrected chi connectivity index (χ1v) is 8.43. The van der Waals surface area contributed by atoms with E-state index in [1.54, 1.807) is 6.20 Å². The van der Waals surface area contributed by atoms with Crippen molar-refractivity contribution in [3.05, 3.63) is 36.2 Å². The van der Waals surface area contributed by atoms with Gasteiger partial charge >= 0.3 is 0 Å². The third-order valence-corrected chi connectivity index (χ3v) is 4.58. The van der Waals surface area contributed by atoms with E-state index >= 15 is 0 Å². The minimum absolute atomic E-state index is 0.127. The molecule has 1 aliphatic carbocycles. The zero-order valence-electron chi connectivity index (χ0n) is 13.7. The number of aromatic nitrogens is 3. The Morgan fingerprint density at radius 3 is 2.91 bits per heavy atom. The quantitative estimate of drug-likeness (QED) is 0.891. The molecule has 2 aromatic heterocycles. The lowest BCUT2D eigenvalue weighted by molar-refractivity contribution is -0.121. The molecule has 0 unspecified atom stereocenters. The first-order valence-electron chi connectivity index (χ1n) is 8.43. The van der Waals surface area contributed by atoms with Crippen LogP contribution in [0.2, 0.25) is 0 Å². The lowest BCUT2D eigenvalue weighted by atomic mass is 10.0. The number of rotatable bonds is 6. The van der Waals surface area contributed by atoms with Crippen molar-refractivity contribution in [1.82, 2.24) is 20.1 Å². The fourth-order valence-electron chi connectivity index (χ4n) is 3.28. The Kier molecular flexibility index (Phi) is 5.05. The van der Waals surface area contributed by atoms with Crippen LogP contribution in [-0.4, -0.2) is 20.7 Å². The molecule has 3 rings (SSSR count). The maximum Gasteiger partial charge on any atom is 0.220 e. The van der Waals surface area contributed by atoms with Crippen LogP contribution in [0.3, 0.4) is 0 Å². The van der Waals surface area contributed by atoms with Crippen molar-refractivity contribution in [2.24, 2.45) is 13.0 Å². The highest BCUT2D eigenvalue weighted by molar-refractivity contribution is 5.75. The molecular weight excluding hydrogens is 288 g/mol. The smallest absolute Gasteiger partial charge is 0.220 e. The second-order valence-electron chi connectivity index (χ2n) is 6.33. The Labute approximate surface area is 137 Å². The minimum atomic E-state index is 0.127. The van der Waals surface area contributed by atoms with E-state index in [1.807, 2.05) is 36.0 Å². The van der Waals surface area contributed by atoms with Gasteiger partial charge in [0.15, 0.2) is 0 Å². The van der Waals surface area contributed by atoms with Crippen molar-refractivity contribution in [2.75, 3.05) is 0 Å². The number of carbonyl (C=O) groups excluding carboxylic acids is 1. The summed E-state index contributed by atoms with van der Waals surface area (Å²) < 4.78 is 1.81. The van der Waals surface area contributed by atoms with Crippen molar-refractivity contribution in [3.63, 3.8) is 0 Å². The second kappa shape index (κ2) is 7.40. The summed E-state index contributed by atoms with van der Waals surface area (Å²) in [6.45, 7) is 0.476. The molecule has 23 heavy (non-hydrogen) atoms. The van der Waals surface area contributed by atoms with Gasteiger partial charge in [-0.3, -0.25) is 14.5 Å². The molecule has 0 spiro atoms. The lowest BCUT2D eigenvalue weighted by Crippen LogP contribution is -2.23. The average molecular weight is 312 g/mol. The van der Waals surface area contributed by atoms with Crippen molar-refractivity contribution < 1.29 is 4.79 Å². The molecule has 0 radical (unpaired) electrons. The van der Waals surface area contributed by atoms with E-state index < -0.39 is 0 Å². The van der Waals surface area contributed by atoms with Gasteiger partial charge in [0.1, 0.15) is 0 Å². The van der Waals surface area contributed by atoms with Gasteiger partial charge in [-0.1, -0.05) is 31.7 Å². The monoisotopic (exact) mass is 312 g/mol. The predicted molar refractivity (Wildman–Crippen MR) is 89.5 cm³/mol. The van der Waals surface area contributed by atoms with E-state index in [1.165, 1.54) is 25.7 Å². The van der Waals surface area contributed by atoms with E-state index in [-0.39, 0.29) is 5.91 Å². The molecule has 122 valence electrons. The Hall–Kier alpha value is -2.17. The molecule has 1 aliphatic rings. The van der Waals surface area contributed by atoms with Gasteiger partial charge in [0, 0.05) is 19.7 Å². The fraction of sp³-hybridized carbons (Fsp3) is 0.500. The molecule has 0 atom stereocenters. The van der Waals surface area contributed by atoms with Crippen LogP contribution in [0.1, 0.15) is 44.2 Å². The molecule has 0 saturated heterocycles. The number of aryl methyl sites for hydroxylation is 1. The minimum Gasteiger partial charge on any atom is -0.350 e. The number of nitrogens with zero attached hydrogens (tertiary/aromatic N) is 3. The predicted octanol–water partition coefficient (Wildman–Crippen LogP) is 3.07. The topological polar surface area (TPSA) is 59.8 Å². The third-order valence-electron chi connectivity index (χ3n) is 4.58. The first-order chi connectivity index (χ1) is 11.2. The third kappa shape index (κ3) is 4.18. The summed E-state index contributed by atoms with van der Waals surface area (Å²) in [7, 11) is 1.90. The summed E-state index contributed by atoms with van der Waals surface area (Å²) in [6.07, 6.45) is 8.67. The molecule has 1 fully saturated rings. The summed E-state index contributed by atoms with van der Waals surface area (Å²) in [4.78, 5) is 16.3. The fourth-order valence-corrected chi connectivity index (χ4v) is 3.28. The molecule has 5 nitrogen and oxygen atoms in total. The maximum atomic E-state index is 12.0. The van der Waals surface area contributed by atoms with Crippen molar-refractivity contribution in [3.8, 4) is 11.4 Å². The standard InChI is InChI=1S/C18H24N4O/c1-22-17(16-8-4-5-11-19-16)12-15(21-22)13-20-18(23)10-9-14-6-2-3-7-14/h4-5,8,11-12,14H,2-3,6-7,9-10,13H2,1H3,(H,20,23). The van der Waals surface area contributed by atoms with E-state index in [9.17, 15) is 4.79 Å². The van der Waals surface area contributed by atoms with Crippen LogP contribution in [-0.2, 0) is 18.4 Å². The summed E-state index contributed by atoms with van der Waals surface area (Å²) in [5.74, 6) is 0.883. The number of hydrogen-bond donors (Lipinski definition) is 1. The van der Waals surface area contributed by atoms with Crippen LogP contribution >= 0.6 is 0 Å². The van der Waals surface area contributed by atoms with Gasteiger partial charge in [-0.05, 0) is 30.5 Å². The number of amides is 1. The number of carbonyl (C=O) groups is 1. The van der Waals surface area contributed by atoms with E-state index in [4.69, 9.17) is 0 Å². The van der Waals surface area contributed by atoms with Crippen LogP contribution in [0.5, 0.6) is 0 Å². The number of hydrogen-bond acceptors (Lipinski definition) is 3. The molecule has 2 aromatic rings. The molecule has 1 amide bonds. The van der Waals surface area contributed by atoms with Crippen LogP contribution in [0.15, 0.2) is 30.5 Å². The summed E-state index contributed by atoms with van der Waals surface area (Å²) in [5, 5.41) is 7.44. The second-order valence-corrected chi connectivity index (χ2v) is 6.33. The first kappa shape index (κ1) is 15.7. The van der Waals surface area contributed by atoms with E-state index in [0.717, 1.165) is 29.4 Å². The van der Waals surface area contributed by atoms with Gasteiger partial charge in [-0.25, -0.2) is 0 Å². The van der Waals surface area contributed by atoms with Gasteiger partial charge in [-0.15, -0.1) is 0 Å². The maximum absolute atomic E-state index is 12.0. The van der Waals surface area contributed by atoms with Gasteiger partial charge in [-0.2, -0.15) is 5.10 Å². The van der Waals surface area contributed by atoms with Crippen molar-refractivity contribution >= 4 is 5.91 Å². The number of pyridine rings is 1. The molecule has 5 heteroatoms. The summed E-state index contributed by atoms with van der Waals surface area (Å²) in [6, 6.07) is 7.80. The lowest BCUT2D eigenvalue weighted by Gasteiger charge is -2.08.